The summed E-state index contributed by atoms with van der Waals surface area (Å²) in [6, 6.07) is 6.42. The lowest BCUT2D eigenvalue weighted by Gasteiger charge is -2.39. The monoisotopic (exact) mass is 472 g/mol. The minimum Gasteiger partial charge on any atom is -0.491 e. The highest BCUT2D eigenvalue weighted by Crippen LogP contribution is 2.33. The number of hydrogen-bond donors (Lipinski definition) is 1. The summed E-state index contributed by atoms with van der Waals surface area (Å²) in [6.45, 7) is 6.11. The van der Waals surface area contributed by atoms with Gasteiger partial charge < -0.3 is 14.6 Å². The van der Waals surface area contributed by atoms with Gasteiger partial charge in [0.1, 0.15) is 6.33 Å². The Morgan fingerprint density at radius 3 is 2.67 bits per heavy atom. The molecular formula is C23H32N6O3S. The van der Waals surface area contributed by atoms with Crippen molar-refractivity contribution in [3.05, 3.63) is 48.0 Å². The van der Waals surface area contributed by atoms with Gasteiger partial charge in [-0.3, -0.25) is 4.90 Å². The second kappa shape index (κ2) is 9.66. The molecule has 4 rings (SSSR count). The van der Waals surface area contributed by atoms with E-state index in [1.807, 2.05) is 12.1 Å². The molecule has 1 fully saturated rings. The van der Waals surface area contributed by atoms with Gasteiger partial charge in [0, 0.05) is 62.9 Å². The summed E-state index contributed by atoms with van der Waals surface area (Å²) in [7, 11) is 0.0253. The Labute approximate surface area is 195 Å². The van der Waals surface area contributed by atoms with Crippen LogP contribution in [0.15, 0.2) is 36.9 Å². The smallest absolute Gasteiger partial charge is 0.211 e. The van der Waals surface area contributed by atoms with Crippen molar-refractivity contribution in [3.8, 4) is 5.75 Å². The van der Waals surface area contributed by atoms with Gasteiger partial charge >= 0.3 is 0 Å². The number of H-pyrrole nitrogens is 1. The van der Waals surface area contributed by atoms with Gasteiger partial charge in [-0.25, -0.2) is 22.7 Å². The van der Waals surface area contributed by atoms with Gasteiger partial charge in [-0.1, -0.05) is 13.0 Å². The Morgan fingerprint density at radius 1 is 1.24 bits per heavy atom. The SMILES string of the molecule is CCC(c1c[nH]c2ccc(CN(C)S(C)(=O)=O)cc12)N1CCN(c2ncncc2OC)CC1. The first-order valence-electron chi connectivity index (χ1n) is 11.2. The molecule has 1 aliphatic rings. The van der Waals surface area contributed by atoms with Crippen molar-refractivity contribution in [1.82, 2.24) is 24.2 Å². The minimum absolute atomic E-state index is 0.274. The fourth-order valence-corrected chi connectivity index (χ4v) is 4.93. The molecule has 0 amide bonds. The summed E-state index contributed by atoms with van der Waals surface area (Å²) in [5.74, 6) is 1.54. The largest absolute Gasteiger partial charge is 0.491 e. The van der Waals surface area contributed by atoms with Crippen molar-refractivity contribution >= 4 is 26.7 Å². The average molecular weight is 473 g/mol. The molecule has 1 aromatic carbocycles. The summed E-state index contributed by atoms with van der Waals surface area (Å²) in [6.07, 6.45) is 7.58. The molecule has 3 aromatic rings. The number of methoxy groups -OCH3 is 1. The van der Waals surface area contributed by atoms with Gasteiger partial charge in [0.25, 0.3) is 0 Å². The third-order valence-electron chi connectivity index (χ3n) is 6.43. The lowest BCUT2D eigenvalue weighted by atomic mass is 9.99. The van der Waals surface area contributed by atoms with Crippen LogP contribution in [0.25, 0.3) is 10.9 Å². The van der Waals surface area contributed by atoms with Gasteiger partial charge in [0.05, 0.1) is 19.6 Å². The van der Waals surface area contributed by atoms with Crippen molar-refractivity contribution < 1.29 is 13.2 Å². The van der Waals surface area contributed by atoms with Gasteiger partial charge in [0.15, 0.2) is 11.6 Å². The number of anilines is 1. The van der Waals surface area contributed by atoms with Crippen molar-refractivity contribution in [2.45, 2.75) is 25.9 Å². The average Bonchev–Trinajstić information content (AvgIpc) is 3.22. The maximum absolute atomic E-state index is 11.8. The Kier molecular flexibility index (Phi) is 6.87. The number of nitrogens with zero attached hydrogens (tertiary/aromatic N) is 5. The fraction of sp³-hybridized carbons (Fsp3) is 0.478. The highest BCUT2D eigenvalue weighted by molar-refractivity contribution is 7.88. The number of hydrogen-bond acceptors (Lipinski definition) is 7. The van der Waals surface area contributed by atoms with Gasteiger partial charge in [-0.15, -0.1) is 0 Å². The Hall–Kier alpha value is -2.69. The van der Waals surface area contributed by atoms with E-state index in [1.54, 1.807) is 26.7 Å². The summed E-state index contributed by atoms with van der Waals surface area (Å²) in [5.41, 5.74) is 3.30. The number of piperazine rings is 1. The van der Waals surface area contributed by atoms with E-state index in [9.17, 15) is 8.42 Å². The van der Waals surface area contributed by atoms with Crippen LogP contribution in [0, 0.1) is 0 Å². The Bertz CT molecular complexity index is 1200. The summed E-state index contributed by atoms with van der Waals surface area (Å²) in [5, 5.41) is 1.15. The standard InChI is InChI=1S/C23H32N6O3S/c1-5-21(28-8-10-29(11-9-28)23-22(32-3)14-24-16-26-23)19-13-25-20-7-6-17(12-18(19)20)15-27(2)33(4,30)31/h6-7,12-14,16,21,25H,5,8-11,15H2,1-4H3. The third kappa shape index (κ3) is 4.97. The summed E-state index contributed by atoms with van der Waals surface area (Å²) < 4.78 is 30.5. The van der Waals surface area contributed by atoms with Crippen LogP contribution in [0.2, 0.25) is 0 Å². The second-order valence-electron chi connectivity index (χ2n) is 8.50. The van der Waals surface area contributed by atoms with Crippen LogP contribution in [0.3, 0.4) is 0 Å². The number of rotatable bonds is 8. The molecular weight excluding hydrogens is 440 g/mol. The summed E-state index contributed by atoms with van der Waals surface area (Å²) in [4.78, 5) is 16.6. The van der Waals surface area contributed by atoms with Crippen LogP contribution in [-0.4, -0.2) is 79.2 Å². The molecule has 1 aliphatic heterocycles. The zero-order valence-electron chi connectivity index (χ0n) is 19.7. The topological polar surface area (TPSA) is 94.7 Å². The second-order valence-corrected chi connectivity index (χ2v) is 10.6. The molecule has 0 spiro atoms. The van der Waals surface area contributed by atoms with Crippen molar-refractivity contribution in [2.24, 2.45) is 0 Å². The molecule has 9 nitrogen and oxygen atoms in total. The van der Waals surface area contributed by atoms with Gasteiger partial charge in [0.2, 0.25) is 10.0 Å². The van der Waals surface area contributed by atoms with Crippen molar-refractivity contribution in [3.63, 3.8) is 0 Å². The van der Waals surface area contributed by atoms with E-state index in [0.717, 1.165) is 54.9 Å². The van der Waals surface area contributed by atoms with Crippen LogP contribution in [0.4, 0.5) is 5.82 Å². The predicted octanol–water partition coefficient (Wildman–Crippen LogP) is 2.63. The Balaban J connectivity index is 1.53. The zero-order valence-corrected chi connectivity index (χ0v) is 20.5. The van der Waals surface area contributed by atoms with Crippen LogP contribution >= 0.6 is 0 Å². The Morgan fingerprint density at radius 2 is 2.00 bits per heavy atom. The molecule has 178 valence electrons. The maximum Gasteiger partial charge on any atom is 0.211 e. The normalized spacial score (nSPS) is 16.5. The molecule has 0 bridgehead atoms. The van der Waals surface area contributed by atoms with E-state index in [4.69, 9.17) is 4.74 Å². The zero-order chi connectivity index (χ0) is 23.6. The van der Waals surface area contributed by atoms with E-state index in [0.29, 0.717) is 12.3 Å². The highest BCUT2D eigenvalue weighted by Gasteiger charge is 2.27. The maximum atomic E-state index is 11.8. The first-order chi connectivity index (χ1) is 15.8. The fourth-order valence-electron chi connectivity index (χ4n) is 4.55. The first kappa shape index (κ1) is 23.5. The van der Waals surface area contributed by atoms with Crippen LogP contribution in [0.5, 0.6) is 5.75 Å². The summed E-state index contributed by atoms with van der Waals surface area (Å²) >= 11 is 0. The molecule has 1 atom stereocenters. The number of ether oxygens (including phenoxy) is 1. The number of aromatic amines is 1. The molecule has 2 aromatic heterocycles. The van der Waals surface area contributed by atoms with Crippen molar-refractivity contribution in [1.29, 1.82) is 0 Å². The molecule has 1 N–H and O–H groups in total. The lowest BCUT2D eigenvalue weighted by molar-refractivity contribution is 0.181. The van der Waals surface area contributed by atoms with Crippen LogP contribution in [0.1, 0.15) is 30.5 Å². The molecule has 10 heteroatoms. The quantitative estimate of drug-likeness (QED) is 0.539. The van der Waals surface area contributed by atoms with Crippen LogP contribution in [-0.2, 0) is 16.6 Å². The van der Waals surface area contributed by atoms with Gasteiger partial charge in [-0.2, -0.15) is 0 Å². The molecule has 3 heterocycles. The molecule has 0 saturated carbocycles. The predicted molar refractivity (Wildman–Crippen MR) is 130 cm³/mol. The number of sulfonamides is 1. The third-order valence-corrected chi connectivity index (χ3v) is 7.69. The van der Waals surface area contributed by atoms with E-state index in [1.165, 1.54) is 16.1 Å². The van der Waals surface area contributed by atoms with Crippen molar-refractivity contribution in [2.75, 3.05) is 51.5 Å². The van der Waals surface area contributed by atoms with E-state index >= 15 is 0 Å². The molecule has 33 heavy (non-hydrogen) atoms. The molecule has 0 radical (unpaired) electrons. The number of aromatic nitrogens is 3. The highest BCUT2D eigenvalue weighted by atomic mass is 32.2. The first-order valence-corrected chi connectivity index (χ1v) is 13.0. The number of benzene rings is 1. The minimum atomic E-state index is -3.23. The van der Waals surface area contributed by atoms with Crippen LogP contribution < -0.4 is 9.64 Å². The molecule has 1 saturated heterocycles. The lowest BCUT2D eigenvalue weighted by Crippen LogP contribution is -2.48. The van der Waals surface area contributed by atoms with E-state index in [-0.39, 0.29) is 6.04 Å². The van der Waals surface area contributed by atoms with Gasteiger partial charge in [-0.05, 0) is 29.7 Å². The van der Waals surface area contributed by atoms with E-state index < -0.39 is 10.0 Å². The van der Waals surface area contributed by atoms with E-state index in [2.05, 4.69) is 43.9 Å². The number of nitrogens with one attached hydrogen (secondary N) is 1. The molecule has 0 aliphatic carbocycles. The number of fused-ring (bicyclic) bond motifs is 1. The molecule has 1 unspecified atom stereocenters.